The summed E-state index contributed by atoms with van der Waals surface area (Å²) in [6.07, 6.45) is -4.42. The molecule has 0 saturated heterocycles. The third-order valence-electron chi connectivity index (χ3n) is 4.50. The Balaban J connectivity index is 1.43. The lowest BCUT2D eigenvalue weighted by atomic mass is 10.1. The summed E-state index contributed by atoms with van der Waals surface area (Å²) in [4.78, 5) is 12.1. The molecule has 0 saturated carbocycles. The summed E-state index contributed by atoms with van der Waals surface area (Å²) < 4.78 is 44.0. The van der Waals surface area contributed by atoms with E-state index in [1.54, 1.807) is 0 Å². The van der Waals surface area contributed by atoms with Crippen LogP contribution in [0.4, 0.5) is 18.9 Å². The van der Waals surface area contributed by atoms with Crippen molar-refractivity contribution in [2.24, 2.45) is 0 Å². The van der Waals surface area contributed by atoms with Crippen LogP contribution in [0.3, 0.4) is 0 Å². The number of amides is 1. The van der Waals surface area contributed by atoms with E-state index in [-0.39, 0.29) is 18.1 Å². The van der Waals surface area contributed by atoms with Crippen molar-refractivity contribution in [1.82, 2.24) is 5.32 Å². The number of ether oxygens (including phenoxy) is 1. The van der Waals surface area contributed by atoms with E-state index in [1.807, 2.05) is 54.6 Å². The van der Waals surface area contributed by atoms with Crippen molar-refractivity contribution >= 4 is 11.6 Å². The van der Waals surface area contributed by atoms with Crippen molar-refractivity contribution in [3.8, 4) is 0 Å². The maximum Gasteiger partial charge on any atom is 0.416 e. The zero-order chi connectivity index (χ0) is 22.1. The van der Waals surface area contributed by atoms with E-state index in [4.69, 9.17) is 4.74 Å². The van der Waals surface area contributed by atoms with Crippen molar-refractivity contribution < 1.29 is 22.7 Å². The lowest BCUT2D eigenvalue weighted by Gasteiger charge is -2.11. The summed E-state index contributed by atoms with van der Waals surface area (Å²) in [5, 5.41) is 5.47. The smallest absolute Gasteiger partial charge is 0.376 e. The molecule has 3 aromatic rings. The summed E-state index contributed by atoms with van der Waals surface area (Å²) in [5.74, 6) is -0.317. The quantitative estimate of drug-likeness (QED) is 0.496. The fourth-order valence-electron chi connectivity index (χ4n) is 2.94. The molecule has 2 N–H and O–H groups in total. The molecule has 1 amide bonds. The molecule has 0 bridgehead atoms. The molecule has 162 valence electrons. The SMILES string of the molecule is O=C(CNc1cccc(C(F)(F)F)c1)NCc1cccc(COCc2ccccc2)c1. The van der Waals surface area contributed by atoms with Crippen LogP contribution in [0, 0.1) is 0 Å². The van der Waals surface area contributed by atoms with Crippen molar-refractivity contribution in [3.63, 3.8) is 0 Å². The number of hydrogen-bond donors (Lipinski definition) is 2. The summed E-state index contributed by atoms with van der Waals surface area (Å²) in [6.45, 7) is 1.16. The first kappa shape index (κ1) is 22.4. The lowest BCUT2D eigenvalue weighted by Crippen LogP contribution is -2.29. The number of anilines is 1. The van der Waals surface area contributed by atoms with E-state index in [1.165, 1.54) is 12.1 Å². The van der Waals surface area contributed by atoms with Gasteiger partial charge in [0.05, 0.1) is 25.3 Å². The van der Waals surface area contributed by atoms with Crippen LogP contribution in [0.1, 0.15) is 22.3 Å². The first-order valence-corrected chi connectivity index (χ1v) is 9.77. The van der Waals surface area contributed by atoms with Crippen molar-refractivity contribution in [2.75, 3.05) is 11.9 Å². The molecule has 31 heavy (non-hydrogen) atoms. The molecule has 0 aliphatic carbocycles. The largest absolute Gasteiger partial charge is 0.416 e. The van der Waals surface area contributed by atoms with Gasteiger partial charge >= 0.3 is 6.18 Å². The Bertz CT molecular complexity index is 991. The van der Waals surface area contributed by atoms with Crippen molar-refractivity contribution in [1.29, 1.82) is 0 Å². The third-order valence-corrected chi connectivity index (χ3v) is 4.50. The highest BCUT2D eigenvalue weighted by Gasteiger charge is 2.30. The second-order valence-electron chi connectivity index (χ2n) is 7.01. The first-order valence-electron chi connectivity index (χ1n) is 9.77. The Kier molecular flexibility index (Phi) is 7.67. The van der Waals surface area contributed by atoms with E-state index in [0.29, 0.717) is 19.8 Å². The number of carbonyl (C=O) groups excluding carboxylic acids is 1. The number of alkyl halides is 3. The molecule has 3 aromatic carbocycles. The molecule has 0 heterocycles. The van der Waals surface area contributed by atoms with Gasteiger partial charge in [-0.05, 0) is 34.9 Å². The monoisotopic (exact) mass is 428 g/mol. The van der Waals surface area contributed by atoms with Gasteiger partial charge in [0.2, 0.25) is 5.91 Å². The molecule has 0 fully saturated rings. The van der Waals surface area contributed by atoms with Gasteiger partial charge in [0.1, 0.15) is 0 Å². The van der Waals surface area contributed by atoms with Crippen LogP contribution in [-0.4, -0.2) is 12.5 Å². The van der Waals surface area contributed by atoms with Gasteiger partial charge in [-0.2, -0.15) is 13.2 Å². The van der Waals surface area contributed by atoms with Gasteiger partial charge < -0.3 is 15.4 Å². The van der Waals surface area contributed by atoms with Gasteiger partial charge in [-0.1, -0.05) is 60.7 Å². The van der Waals surface area contributed by atoms with Crippen molar-refractivity contribution in [2.45, 2.75) is 25.9 Å². The molecule has 0 spiro atoms. The molecule has 7 heteroatoms. The minimum absolute atomic E-state index is 0.124. The van der Waals surface area contributed by atoms with Gasteiger partial charge in [0, 0.05) is 12.2 Å². The molecular formula is C24H23F3N2O2. The average molecular weight is 428 g/mol. The van der Waals surface area contributed by atoms with E-state index in [0.717, 1.165) is 28.8 Å². The van der Waals surface area contributed by atoms with Crippen LogP contribution in [0.2, 0.25) is 0 Å². The molecule has 0 radical (unpaired) electrons. The predicted octanol–water partition coefficient (Wildman–Crippen LogP) is 5.15. The minimum atomic E-state index is -4.42. The van der Waals surface area contributed by atoms with Crippen molar-refractivity contribution in [3.05, 3.63) is 101 Å². The van der Waals surface area contributed by atoms with Gasteiger partial charge in [0.15, 0.2) is 0 Å². The Hall–Kier alpha value is -3.32. The second-order valence-corrected chi connectivity index (χ2v) is 7.01. The Morgan fingerprint density at radius 1 is 0.806 bits per heavy atom. The lowest BCUT2D eigenvalue weighted by molar-refractivity contribution is -0.137. The highest BCUT2D eigenvalue weighted by atomic mass is 19.4. The molecule has 0 aliphatic rings. The van der Waals surface area contributed by atoms with Gasteiger partial charge in [-0.3, -0.25) is 4.79 Å². The standard InChI is InChI=1S/C24H23F3N2O2/c25-24(26,27)21-10-5-11-22(13-21)28-15-23(30)29-14-19-8-4-9-20(12-19)17-31-16-18-6-2-1-3-7-18/h1-13,28H,14-17H2,(H,29,30). The highest BCUT2D eigenvalue weighted by Crippen LogP contribution is 2.30. The fourth-order valence-corrected chi connectivity index (χ4v) is 2.94. The number of rotatable bonds is 9. The Labute approximate surface area is 179 Å². The molecular weight excluding hydrogens is 405 g/mol. The van der Waals surface area contributed by atoms with E-state index >= 15 is 0 Å². The van der Waals surface area contributed by atoms with Crippen LogP contribution in [0.15, 0.2) is 78.9 Å². The van der Waals surface area contributed by atoms with Crippen LogP contribution in [0.25, 0.3) is 0 Å². The maximum absolute atomic E-state index is 12.8. The molecule has 0 atom stereocenters. The van der Waals surface area contributed by atoms with E-state index in [9.17, 15) is 18.0 Å². The normalized spacial score (nSPS) is 11.2. The average Bonchev–Trinajstić information content (AvgIpc) is 2.77. The zero-order valence-electron chi connectivity index (χ0n) is 16.8. The van der Waals surface area contributed by atoms with E-state index in [2.05, 4.69) is 10.6 Å². The minimum Gasteiger partial charge on any atom is -0.376 e. The third kappa shape index (κ3) is 7.46. The molecule has 3 rings (SSSR count). The zero-order valence-corrected chi connectivity index (χ0v) is 16.8. The number of benzene rings is 3. The number of carbonyl (C=O) groups is 1. The maximum atomic E-state index is 12.8. The first-order chi connectivity index (χ1) is 14.9. The molecule has 0 unspecified atom stereocenters. The van der Waals surface area contributed by atoms with Crippen LogP contribution in [-0.2, 0) is 35.5 Å². The highest BCUT2D eigenvalue weighted by molar-refractivity contribution is 5.80. The van der Waals surface area contributed by atoms with E-state index < -0.39 is 11.7 Å². The van der Waals surface area contributed by atoms with Crippen LogP contribution >= 0.6 is 0 Å². The number of hydrogen-bond acceptors (Lipinski definition) is 3. The molecule has 0 aromatic heterocycles. The van der Waals surface area contributed by atoms with Gasteiger partial charge in [-0.25, -0.2) is 0 Å². The molecule has 4 nitrogen and oxygen atoms in total. The summed E-state index contributed by atoms with van der Waals surface area (Å²) in [6, 6.07) is 22.3. The number of halogens is 3. The number of nitrogens with one attached hydrogen (secondary N) is 2. The van der Waals surface area contributed by atoms with Crippen LogP contribution < -0.4 is 10.6 Å². The second kappa shape index (κ2) is 10.6. The topological polar surface area (TPSA) is 50.4 Å². The van der Waals surface area contributed by atoms with Gasteiger partial charge in [0.25, 0.3) is 0 Å². The fraction of sp³-hybridized carbons (Fsp3) is 0.208. The van der Waals surface area contributed by atoms with Crippen LogP contribution in [0.5, 0.6) is 0 Å². The molecule has 0 aliphatic heterocycles. The van der Waals surface area contributed by atoms with Gasteiger partial charge in [-0.15, -0.1) is 0 Å². The summed E-state index contributed by atoms with van der Waals surface area (Å²) in [5.41, 5.74) is 2.48. The predicted molar refractivity (Wildman–Crippen MR) is 113 cm³/mol. The Morgan fingerprint density at radius 3 is 2.26 bits per heavy atom. The summed E-state index contributed by atoms with van der Waals surface area (Å²) >= 11 is 0. The Morgan fingerprint density at radius 2 is 1.48 bits per heavy atom. The summed E-state index contributed by atoms with van der Waals surface area (Å²) in [7, 11) is 0.